The monoisotopic (exact) mass is 285 g/mol. The van der Waals surface area contributed by atoms with Gasteiger partial charge < -0.3 is 9.47 Å². The number of carbonyl (C=O) groups excluding carboxylic acids is 2. The number of benzene rings is 1. The summed E-state index contributed by atoms with van der Waals surface area (Å²) in [6.07, 6.45) is 1.68. The standard InChI is InChI=1S/C16H15NO4/c1-11-13(6-5-9-17-11)10-20-16(19)14-7-3-4-8-15(14)21-12(2)18/h3-9H,10H2,1-2H3. The van der Waals surface area contributed by atoms with Crippen LogP contribution >= 0.6 is 0 Å². The van der Waals surface area contributed by atoms with E-state index >= 15 is 0 Å². The van der Waals surface area contributed by atoms with Gasteiger partial charge in [-0.15, -0.1) is 0 Å². The molecule has 0 saturated heterocycles. The van der Waals surface area contributed by atoms with Crippen LogP contribution in [0.5, 0.6) is 5.75 Å². The van der Waals surface area contributed by atoms with Crippen molar-refractivity contribution in [2.75, 3.05) is 0 Å². The normalized spacial score (nSPS) is 10.0. The molecule has 1 heterocycles. The van der Waals surface area contributed by atoms with Gasteiger partial charge in [0.05, 0.1) is 0 Å². The van der Waals surface area contributed by atoms with Crippen LogP contribution in [0, 0.1) is 6.92 Å². The van der Waals surface area contributed by atoms with E-state index in [-0.39, 0.29) is 17.9 Å². The van der Waals surface area contributed by atoms with E-state index in [0.717, 1.165) is 11.3 Å². The molecule has 0 amide bonds. The highest BCUT2D eigenvalue weighted by Crippen LogP contribution is 2.20. The fraction of sp³-hybridized carbons (Fsp3) is 0.188. The van der Waals surface area contributed by atoms with Crippen LogP contribution in [0.3, 0.4) is 0 Å². The number of nitrogens with zero attached hydrogens (tertiary/aromatic N) is 1. The first kappa shape index (κ1) is 14.7. The van der Waals surface area contributed by atoms with E-state index < -0.39 is 11.9 Å². The topological polar surface area (TPSA) is 65.5 Å². The minimum Gasteiger partial charge on any atom is -0.457 e. The SMILES string of the molecule is CC(=O)Oc1ccccc1C(=O)OCc1cccnc1C. The van der Waals surface area contributed by atoms with Crippen LogP contribution in [-0.4, -0.2) is 16.9 Å². The van der Waals surface area contributed by atoms with E-state index in [1.165, 1.54) is 6.92 Å². The second kappa shape index (κ2) is 6.65. The molecule has 108 valence electrons. The Morgan fingerprint density at radius 2 is 1.90 bits per heavy atom. The highest BCUT2D eigenvalue weighted by Gasteiger charge is 2.15. The molecule has 5 heteroatoms. The Balaban J connectivity index is 2.10. The number of ether oxygens (including phenoxy) is 2. The first-order valence-electron chi connectivity index (χ1n) is 6.43. The third kappa shape index (κ3) is 3.89. The number of esters is 2. The van der Waals surface area contributed by atoms with Crippen molar-refractivity contribution in [2.45, 2.75) is 20.5 Å². The van der Waals surface area contributed by atoms with Gasteiger partial charge in [0, 0.05) is 24.4 Å². The fourth-order valence-corrected chi connectivity index (χ4v) is 1.77. The summed E-state index contributed by atoms with van der Waals surface area (Å²) in [6.45, 7) is 3.24. The number of aromatic nitrogens is 1. The predicted molar refractivity (Wildman–Crippen MR) is 75.8 cm³/mol. The van der Waals surface area contributed by atoms with E-state index in [2.05, 4.69) is 4.98 Å². The maximum Gasteiger partial charge on any atom is 0.342 e. The first-order valence-corrected chi connectivity index (χ1v) is 6.43. The summed E-state index contributed by atoms with van der Waals surface area (Å²) in [6, 6.07) is 10.1. The molecule has 0 unspecified atom stereocenters. The molecule has 0 fully saturated rings. The van der Waals surface area contributed by atoms with Crippen LogP contribution in [0.4, 0.5) is 0 Å². The first-order chi connectivity index (χ1) is 10.1. The van der Waals surface area contributed by atoms with E-state index in [1.54, 1.807) is 36.5 Å². The quantitative estimate of drug-likeness (QED) is 0.638. The minimum atomic E-state index is -0.546. The van der Waals surface area contributed by atoms with Crippen LogP contribution in [0.25, 0.3) is 0 Å². The van der Waals surface area contributed by atoms with Crippen molar-refractivity contribution in [2.24, 2.45) is 0 Å². The van der Waals surface area contributed by atoms with Crippen LogP contribution < -0.4 is 4.74 Å². The lowest BCUT2D eigenvalue weighted by Gasteiger charge is -2.09. The highest BCUT2D eigenvalue weighted by molar-refractivity contribution is 5.93. The number of aryl methyl sites for hydroxylation is 1. The van der Waals surface area contributed by atoms with Crippen LogP contribution in [0.2, 0.25) is 0 Å². The van der Waals surface area contributed by atoms with Gasteiger partial charge in [-0.3, -0.25) is 9.78 Å². The number of carbonyl (C=O) groups is 2. The van der Waals surface area contributed by atoms with E-state index in [4.69, 9.17) is 9.47 Å². The van der Waals surface area contributed by atoms with Crippen LogP contribution in [0.1, 0.15) is 28.5 Å². The van der Waals surface area contributed by atoms with Crippen molar-refractivity contribution in [1.82, 2.24) is 4.98 Å². The molecule has 0 radical (unpaired) electrons. The zero-order chi connectivity index (χ0) is 15.2. The Kier molecular flexibility index (Phi) is 4.66. The molecule has 0 spiro atoms. The van der Waals surface area contributed by atoms with Gasteiger partial charge in [-0.2, -0.15) is 0 Å². The molecular weight excluding hydrogens is 270 g/mol. The summed E-state index contributed by atoms with van der Waals surface area (Å²) >= 11 is 0. The van der Waals surface area contributed by atoms with Crippen molar-refractivity contribution < 1.29 is 19.1 Å². The molecule has 0 aliphatic rings. The molecule has 0 aliphatic carbocycles. The average Bonchev–Trinajstić information content (AvgIpc) is 2.46. The zero-order valence-corrected chi connectivity index (χ0v) is 11.8. The van der Waals surface area contributed by atoms with Crippen molar-refractivity contribution >= 4 is 11.9 Å². The van der Waals surface area contributed by atoms with Gasteiger partial charge in [0.15, 0.2) is 0 Å². The number of para-hydroxylation sites is 1. The van der Waals surface area contributed by atoms with Crippen molar-refractivity contribution in [1.29, 1.82) is 0 Å². The molecular formula is C16H15NO4. The lowest BCUT2D eigenvalue weighted by Crippen LogP contribution is -2.10. The second-order valence-electron chi connectivity index (χ2n) is 4.41. The van der Waals surface area contributed by atoms with Crippen molar-refractivity contribution in [3.05, 3.63) is 59.4 Å². The molecule has 5 nitrogen and oxygen atoms in total. The lowest BCUT2D eigenvalue weighted by molar-refractivity contribution is -0.131. The number of pyridine rings is 1. The highest BCUT2D eigenvalue weighted by atomic mass is 16.5. The van der Waals surface area contributed by atoms with E-state index in [0.29, 0.717) is 0 Å². The van der Waals surface area contributed by atoms with Crippen LogP contribution in [0.15, 0.2) is 42.6 Å². The van der Waals surface area contributed by atoms with E-state index in [9.17, 15) is 9.59 Å². The van der Waals surface area contributed by atoms with Gasteiger partial charge in [0.2, 0.25) is 0 Å². The maximum absolute atomic E-state index is 12.1. The minimum absolute atomic E-state index is 0.118. The molecule has 21 heavy (non-hydrogen) atoms. The second-order valence-corrected chi connectivity index (χ2v) is 4.41. The summed E-state index contributed by atoms with van der Waals surface area (Å²) in [7, 11) is 0. The molecule has 0 aliphatic heterocycles. The van der Waals surface area contributed by atoms with Crippen molar-refractivity contribution in [3.63, 3.8) is 0 Å². The number of rotatable bonds is 4. The average molecular weight is 285 g/mol. The van der Waals surface area contributed by atoms with Gasteiger partial charge in [-0.25, -0.2) is 4.79 Å². The largest absolute Gasteiger partial charge is 0.457 e. The predicted octanol–water partition coefficient (Wildman–Crippen LogP) is 2.67. The summed E-state index contributed by atoms with van der Waals surface area (Å²) in [5.74, 6) is -0.841. The Labute approximate surface area is 122 Å². The Morgan fingerprint density at radius 3 is 2.62 bits per heavy atom. The lowest BCUT2D eigenvalue weighted by atomic mass is 10.2. The molecule has 0 atom stereocenters. The fourth-order valence-electron chi connectivity index (χ4n) is 1.77. The third-order valence-corrected chi connectivity index (χ3v) is 2.84. The molecule has 0 bridgehead atoms. The number of hydrogen-bond donors (Lipinski definition) is 0. The molecule has 1 aromatic carbocycles. The van der Waals surface area contributed by atoms with Gasteiger partial charge >= 0.3 is 11.9 Å². The Bertz CT molecular complexity index is 667. The van der Waals surface area contributed by atoms with Gasteiger partial charge in [0.1, 0.15) is 17.9 Å². The molecule has 0 saturated carbocycles. The Hall–Kier alpha value is -2.69. The van der Waals surface area contributed by atoms with Crippen molar-refractivity contribution in [3.8, 4) is 5.75 Å². The van der Waals surface area contributed by atoms with Gasteiger partial charge in [-0.1, -0.05) is 18.2 Å². The molecule has 1 aromatic heterocycles. The van der Waals surface area contributed by atoms with E-state index in [1.807, 2.05) is 13.0 Å². The van der Waals surface area contributed by atoms with Gasteiger partial charge in [0.25, 0.3) is 0 Å². The summed E-state index contributed by atoms with van der Waals surface area (Å²) in [4.78, 5) is 27.3. The summed E-state index contributed by atoms with van der Waals surface area (Å²) < 4.78 is 10.2. The summed E-state index contributed by atoms with van der Waals surface area (Å²) in [5, 5.41) is 0. The maximum atomic E-state index is 12.1. The summed E-state index contributed by atoms with van der Waals surface area (Å²) in [5.41, 5.74) is 1.85. The molecule has 0 N–H and O–H groups in total. The smallest absolute Gasteiger partial charge is 0.342 e. The Morgan fingerprint density at radius 1 is 1.14 bits per heavy atom. The van der Waals surface area contributed by atoms with Gasteiger partial charge in [-0.05, 0) is 25.1 Å². The number of hydrogen-bond acceptors (Lipinski definition) is 5. The zero-order valence-electron chi connectivity index (χ0n) is 11.8. The third-order valence-electron chi connectivity index (χ3n) is 2.84. The molecule has 2 rings (SSSR count). The molecule has 2 aromatic rings. The van der Waals surface area contributed by atoms with Crippen LogP contribution in [-0.2, 0) is 16.1 Å².